The van der Waals surface area contributed by atoms with Crippen molar-refractivity contribution in [3.05, 3.63) is 40.2 Å². The average molecular weight is 332 g/mol. The van der Waals surface area contributed by atoms with E-state index in [4.69, 9.17) is 4.42 Å². The van der Waals surface area contributed by atoms with E-state index in [0.717, 1.165) is 49.4 Å². The summed E-state index contributed by atoms with van der Waals surface area (Å²) in [6.07, 6.45) is 4.19. The summed E-state index contributed by atoms with van der Waals surface area (Å²) >= 11 is 1.58. The number of rotatable bonds is 5. The third kappa shape index (κ3) is 3.83. The normalized spacial score (nSPS) is 21.6. The molecule has 1 saturated heterocycles. The third-order valence-electron chi connectivity index (χ3n) is 4.62. The van der Waals surface area contributed by atoms with Crippen molar-refractivity contribution >= 4 is 17.2 Å². The lowest BCUT2D eigenvalue weighted by Gasteiger charge is -2.37. The molecule has 3 heterocycles. The topological polar surface area (TPSA) is 46.3 Å². The Labute approximate surface area is 141 Å². The molecule has 0 aliphatic carbocycles. The van der Waals surface area contributed by atoms with Crippen LogP contribution in [-0.4, -0.2) is 22.3 Å². The fourth-order valence-corrected chi connectivity index (χ4v) is 3.81. The minimum atomic E-state index is 0.0852. The van der Waals surface area contributed by atoms with Gasteiger partial charge in [-0.25, -0.2) is 4.98 Å². The fourth-order valence-electron chi connectivity index (χ4n) is 3.21. The van der Waals surface area contributed by atoms with Gasteiger partial charge in [0.25, 0.3) is 0 Å². The molecule has 2 aromatic rings. The van der Waals surface area contributed by atoms with E-state index >= 15 is 0 Å². The van der Waals surface area contributed by atoms with Crippen molar-refractivity contribution in [3.63, 3.8) is 0 Å². The molecule has 23 heavy (non-hydrogen) atoms. The van der Waals surface area contributed by atoms with E-state index in [0.29, 0.717) is 12.3 Å². The summed E-state index contributed by atoms with van der Waals surface area (Å²) in [6.45, 7) is 5.17. The Balaban J connectivity index is 1.70. The molecular formula is C18H24N2O2S. The summed E-state index contributed by atoms with van der Waals surface area (Å²) in [4.78, 5) is 19.0. The van der Waals surface area contributed by atoms with Crippen LogP contribution < -0.4 is 0 Å². The highest BCUT2D eigenvalue weighted by molar-refractivity contribution is 7.07. The van der Waals surface area contributed by atoms with Gasteiger partial charge in [0, 0.05) is 24.8 Å². The Kier molecular flexibility index (Phi) is 5.16. The quantitative estimate of drug-likeness (QED) is 0.823. The second-order valence-electron chi connectivity index (χ2n) is 6.37. The first-order valence-electron chi connectivity index (χ1n) is 8.42. The van der Waals surface area contributed by atoms with Gasteiger partial charge in [-0.15, -0.1) is 11.3 Å². The number of aromatic nitrogens is 1. The molecule has 0 bridgehead atoms. The minimum Gasteiger partial charge on any atom is -0.464 e. The number of hydrogen-bond donors (Lipinski definition) is 0. The molecule has 0 N–H and O–H groups in total. The van der Waals surface area contributed by atoms with Crippen LogP contribution in [0.5, 0.6) is 0 Å². The van der Waals surface area contributed by atoms with Crippen LogP contribution in [0.1, 0.15) is 56.4 Å². The van der Waals surface area contributed by atoms with Gasteiger partial charge in [-0.3, -0.25) is 4.79 Å². The summed E-state index contributed by atoms with van der Waals surface area (Å²) in [5.41, 5.74) is 2.83. The van der Waals surface area contributed by atoms with E-state index in [1.165, 1.54) is 0 Å². The zero-order chi connectivity index (χ0) is 16.2. The predicted octanol–water partition coefficient (Wildman–Crippen LogP) is 4.23. The Morgan fingerprint density at radius 3 is 3.04 bits per heavy atom. The van der Waals surface area contributed by atoms with Crippen LogP contribution in [0, 0.1) is 5.92 Å². The Hall–Kier alpha value is -1.62. The van der Waals surface area contributed by atoms with Gasteiger partial charge in [-0.1, -0.05) is 13.8 Å². The third-order valence-corrected chi connectivity index (χ3v) is 5.26. The van der Waals surface area contributed by atoms with Crippen molar-refractivity contribution < 1.29 is 9.21 Å². The molecule has 1 amide bonds. The first-order valence-corrected chi connectivity index (χ1v) is 9.36. The van der Waals surface area contributed by atoms with Gasteiger partial charge in [0.1, 0.15) is 11.5 Å². The second kappa shape index (κ2) is 7.30. The number of carbonyl (C=O) groups excluding carboxylic acids is 1. The first kappa shape index (κ1) is 16.2. The Morgan fingerprint density at radius 2 is 2.35 bits per heavy atom. The second-order valence-corrected chi connectivity index (χ2v) is 7.09. The highest BCUT2D eigenvalue weighted by atomic mass is 32.1. The Bertz CT molecular complexity index is 635. The molecule has 3 rings (SSSR count). The summed E-state index contributed by atoms with van der Waals surface area (Å²) in [6, 6.07) is 4.16. The average Bonchev–Trinajstić information content (AvgIpc) is 3.23. The molecule has 4 nitrogen and oxygen atoms in total. The van der Waals surface area contributed by atoms with Gasteiger partial charge in [0.2, 0.25) is 5.91 Å². The van der Waals surface area contributed by atoms with Gasteiger partial charge >= 0.3 is 0 Å². The van der Waals surface area contributed by atoms with Crippen molar-refractivity contribution in [2.45, 2.75) is 52.0 Å². The lowest BCUT2D eigenvalue weighted by molar-refractivity contribution is -0.136. The van der Waals surface area contributed by atoms with Crippen molar-refractivity contribution in [2.75, 3.05) is 6.54 Å². The van der Waals surface area contributed by atoms with Crippen molar-refractivity contribution in [2.24, 2.45) is 5.92 Å². The van der Waals surface area contributed by atoms with Crippen molar-refractivity contribution in [3.8, 4) is 0 Å². The summed E-state index contributed by atoms with van der Waals surface area (Å²) in [7, 11) is 0. The van der Waals surface area contributed by atoms with Crippen LogP contribution in [0.2, 0.25) is 0 Å². The molecule has 0 radical (unpaired) electrons. The van der Waals surface area contributed by atoms with Gasteiger partial charge < -0.3 is 9.32 Å². The van der Waals surface area contributed by atoms with E-state index in [1.54, 1.807) is 11.3 Å². The van der Waals surface area contributed by atoms with Crippen molar-refractivity contribution in [1.82, 2.24) is 9.88 Å². The van der Waals surface area contributed by atoms with Crippen molar-refractivity contribution in [1.29, 1.82) is 0 Å². The molecular weight excluding hydrogens is 308 g/mol. The number of carbonyl (C=O) groups is 1. The van der Waals surface area contributed by atoms with Crippen LogP contribution in [0.25, 0.3) is 0 Å². The van der Waals surface area contributed by atoms with E-state index in [9.17, 15) is 4.79 Å². The molecule has 0 saturated carbocycles. The number of hydrogen-bond acceptors (Lipinski definition) is 4. The lowest BCUT2D eigenvalue weighted by atomic mass is 9.90. The van der Waals surface area contributed by atoms with Gasteiger partial charge in [0.15, 0.2) is 0 Å². The largest absolute Gasteiger partial charge is 0.464 e. The van der Waals surface area contributed by atoms with E-state index in [-0.39, 0.29) is 11.9 Å². The number of aryl methyl sites for hydroxylation is 2. The molecule has 5 heteroatoms. The van der Waals surface area contributed by atoms with Crippen LogP contribution in [-0.2, 0) is 17.6 Å². The molecule has 2 atom stereocenters. The maximum absolute atomic E-state index is 12.7. The van der Waals surface area contributed by atoms with E-state index in [2.05, 4.69) is 18.8 Å². The molecule has 1 aliphatic heterocycles. The first-order chi connectivity index (χ1) is 11.2. The lowest BCUT2D eigenvalue weighted by Crippen LogP contribution is -2.40. The Morgan fingerprint density at radius 1 is 1.48 bits per heavy atom. The maximum Gasteiger partial charge on any atom is 0.223 e. The number of thiazole rings is 1. The zero-order valence-corrected chi connectivity index (χ0v) is 14.6. The number of piperidine rings is 1. The molecule has 0 unspecified atom stereocenters. The highest BCUT2D eigenvalue weighted by Crippen LogP contribution is 2.35. The van der Waals surface area contributed by atoms with Gasteiger partial charge in [-0.05, 0) is 37.3 Å². The number of nitrogens with zero attached hydrogens (tertiary/aromatic N) is 2. The van der Waals surface area contributed by atoms with E-state index < -0.39 is 0 Å². The summed E-state index contributed by atoms with van der Waals surface area (Å²) in [5.74, 6) is 2.77. The minimum absolute atomic E-state index is 0.0852. The molecule has 0 aromatic carbocycles. The van der Waals surface area contributed by atoms with Crippen LogP contribution in [0.4, 0.5) is 0 Å². The smallest absolute Gasteiger partial charge is 0.223 e. The summed E-state index contributed by atoms with van der Waals surface area (Å²) in [5, 5.41) is 2.02. The van der Waals surface area contributed by atoms with Crippen LogP contribution in [0.3, 0.4) is 0 Å². The number of likely N-dealkylation sites (tertiary alicyclic amines) is 1. The fraction of sp³-hybridized carbons (Fsp3) is 0.556. The molecule has 2 aromatic heterocycles. The summed E-state index contributed by atoms with van der Waals surface area (Å²) < 4.78 is 5.95. The highest BCUT2D eigenvalue weighted by Gasteiger charge is 2.32. The predicted molar refractivity (Wildman–Crippen MR) is 91.4 cm³/mol. The standard InChI is InChI=1S/C18H24N2O2S/c1-3-15-5-6-17(22-15)16-10-13(2)8-9-20(16)18(21)7-4-14-11-23-12-19-14/h5-6,11-13,16H,3-4,7-10H2,1-2H3/t13-,16+/m0/s1. The zero-order valence-electron chi connectivity index (χ0n) is 13.8. The number of amides is 1. The molecule has 0 spiro atoms. The monoisotopic (exact) mass is 332 g/mol. The van der Waals surface area contributed by atoms with E-state index in [1.807, 2.05) is 27.9 Å². The SMILES string of the molecule is CCc1ccc([C@H]2C[C@@H](C)CCN2C(=O)CCc2cscn2)o1. The van der Waals surface area contributed by atoms with Crippen LogP contribution in [0.15, 0.2) is 27.4 Å². The molecule has 1 aliphatic rings. The van der Waals surface area contributed by atoms with Gasteiger partial charge in [-0.2, -0.15) is 0 Å². The molecule has 1 fully saturated rings. The van der Waals surface area contributed by atoms with Crippen LogP contribution >= 0.6 is 11.3 Å². The number of furan rings is 1. The maximum atomic E-state index is 12.7. The molecule has 124 valence electrons. The van der Waals surface area contributed by atoms with Gasteiger partial charge in [0.05, 0.1) is 17.2 Å².